The van der Waals surface area contributed by atoms with Crippen LogP contribution in [0.3, 0.4) is 0 Å². The number of nitrogens with zero attached hydrogens (tertiary/aromatic N) is 1. The fraction of sp³-hybridized carbons (Fsp3) is 0.692. The number of aliphatic hydroxyl groups is 1. The lowest BCUT2D eigenvalue weighted by Gasteiger charge is -2.17. The summed E-state index contributed by atoms with van der Waals surface area (Å²) in [5.74, 6) is 0. The van der Waals surface area contributed by atoms with Gasteiger partial charge >= 0.3 is 0 Å². The number of aryl methyl sites for hydroxylation is 1. The SMILES string of the molecule is CCCn1cccc1CNC(CCO)COC. The number of rotatable bonds is 9. The van der Waals surface area contributed by atoms with Crippen LogP contribution in [0.5, 0.6) is 0 Å². The van der Waals surface area contributed by atoms with Gasteiger partial charge in [-0.05, 0) is 25.0 Å². The van der Waals surface area contributed by atoms with Crippen molar-refractivity contribution in [2.45, 2.75) is 38.9 Å². The number of aromatic nitrogens is 1. The van der Waals surface area contributed by atoms with Gasteiger partial charge in [0, 0.05) is 44.7 Å². The van der Waals surface area contributed by atoms with Crippen molar-refractivity contribution in [1.82, 2.24) is 9.88 Å². The summed E-state index contributed by atoms with van der Waals surface area (Å²) in [4.78, 5) is 0. The van der Waals surface area contributed by atoms with E-state index in [-0.39, 0.29) is 12.6 Å². The molecule has 0 aliphatic carbocycles. The zero-order valence-corrected chi connectivity index (χ0v) is 10.9. The Morgan fingerprint density at radius 3 is 3.00 bits per heavy atom. The molecule has 4 heteroatoms. The Hall–Kier alpha value is -0.840. The molecule has 0 aliphatic rings. The van der Waals surface area contributed by atoms with Crippen molar-refractivity contribution < 1.29 is 9.84 Å². The lowest BCUT2D eigenvalue weighted by atomic mass is 10.2. The number of nitrogens with one attached hydrogen (secondary N) is 1. The van der Waals surface area contributed by atoms with Crippen LogP contribution in [-0.2, 0) is 17.8 Å². The molecule has 0 bridgehead atoms. The third kappa shape index (κ3) is 4.89. The summed E-state index contributed by atoms with van der Waals surface area (Å²) in [5.41, 5.74) is 1.28. The molecule has 1 aromatic heterocycles. The Balaban J connectivity index is 2.43. The Labute approximate surface area is 104 Å². The maximum Gasteiger partial charge on any atom is 0.0616 e. The smallest absolute Gasteiger partial charge is 0.0616 e. The Morgan fingerprint density at radius 1 is 1.53 bits per heavy atom. The molecule has 0 spiro atoms. The highest BCUT2D eigenvalue weighted by Crippen LogP contribution is 2.04. The summed E-state index contributed by atoms with van der Waals surface area (Å²) in [5, 5.41) is 12.4. The van der Waals surface area contributed by atoms with Crippen molar-refractivity contribution in [2.24, 2.45) is 0 Å². The van der Waals surface area contributed by atoms with Crippen molar-refractivity contribution in [1.29, 1.82) is 0 Å². The van der Waals surface area contributed by atoms with Gasteiger partial charge in [0.25, 0.3) is 0 Å². The summed E-state index contributed by atoms with van der Waals surface area (Å²) in [6, 6.07) is 4.42. The molecule has 0 saturated carbocycles. The highest BCUT2D eigenvalue weighted by molar-refractivity contribution is 5.07. The fourth-order valence-electron chi connectivity index (χ4n) is 1.92. The van der Waals surface area contributed by atoms with Gasteiger partial charge in [-0.25, -0.2) is 0 Å². The molecule has 4 nitrogen and oxygen atoms in total. The molecule has 0 aliphatic heterocycles. The number of methoxy groups -OCH3 is 1. The maximum atomic E-state index is 8.96. The van der Waals surface area contributed by atoms with Crippen molar-refractivity contribution in [3.8, 4) is 0 Å². The van der Waals surface area contributed by atoms with Crippen molar-refractivity contribution in [3.05, 3.63) is 24.0 Å². The lowest BCUT2D eigenvalue weighted by Crippen LogP contribution is -2.34. The molecule has 0 aromatic carbocycles. The number of hydrogen-bond acceptors (Lipinski definition) is 3. The van der Waals surface area contributed by atoms with Crippen molar-refractivity contribution in [3.63, 3.8) is 0 Å². The zero-order chi connectivity index (χ0) is 12.5. The van der Waals surface area contributed by atoms with Crippen LogP contribution >= 0.6 is 0 Å². The number of ether oxygens (including phenoxy) is 1. The standard InChI is InChI=1S/C13H24N2O2/c1-3-7-15-8-4-5-13(15)10-14-12(6-9-16)11-17-2/h4-5,8,12,14,16H,3,6-7,9-11H2,1-2H3. The van der Waals surface area contributed by atoms with E-state index in [0.717, 1.165) is 25.9 Å². The van der Waals surface area contributed by atoms with Gasteiger partial charge in [-0.15, -0.1) is 0 Å². The Morgan fingerprint density at radius 2 is 2.35 bits per heavy atom. The first kappa shape index (κ1) is 14.2. The van der Waals surface area contributed by atoms with E-state index in [4.69, 9.17) is 9.84 Å². The van der Waals surface area contributed by atoms with E-state index in [0.29, 0.717) is 6.61 Å². The molecule has 1 atom stereocenters. The minimum atomic E-state index is 0.191. The average molecular weight is 240 g/mol. The first-order chi connectivity index (χ1) is 8.31. The maximum absolute atomic E-state index is 8.96. The van der Waals surface area contributed by atoms with Gasteiger partial charge in [0.2, 0.25) is 0 Å². The van der Waals surface area contributed by atoms with Gasteiger partial charge in [-0.3, -0.25) is 0 Å². The zero-order valence-electron chi connectivity index (χ0n) is 10.9. The van der Waals surface area contributed by atoms with E-state index in [1.54, 1.807) is 7.11 Å². The van der Waals surface area contributed by atoms with Crippen LogP contribution in [0.4, 0.5) is 0 Å². The minimum Gasteiger partial charge on any atom is -0.396 e. The van der Waals surface area contributed by atoms with Gasteiger partial charge in [-0.1, -0.05) is 6.92 Å². The molecule has 17 heavy (non-hydrogen) atoms. The quantitative estimate of drug-likeness (QED) is 0.685. The van der Waals surface area contributed by atoms with E-state index in [9.17, 15) is 0 Å². The predicted octanol–water partition coefficient (Wildman–Crippen LogP) is 1.39. The topological polar surface area (TPSA) is 46.4 Å². The molecule has 2 N–H and O–H groups in total. The van der Waals surface area contributed by atoms with Crippen LogP contribution in [0, 0.1) is 0 Å². The van der Waals surface area contributed by atoms with Gasteiger partial charge in [-0.2, -0.15) is 0 Å². The van der Waals surface area contributed by atoms with E-state index in [2.05, 4.69) is 35.1 Å². The second kappa shape index (κ2) is 8.28. The largest absolute Gasteiger partial charge is 0.396 e. The molecular weight excluding hydrogens is 216 g/mol. The molecular formula is C13H24N2O2. The summed E-state index contributed by atoms with van der Waals surface area (Å²) in [7, 11) is 1.69. The molecule has 0 amide bonds. The predicted molar refractivity (Wildman–Crippen MR) is 68.9 cm³/mol. The minimum absolute atomic E-state index is 0.191. The summed E-state index contributed by atoms with van der Waals surface area (Å²) >= 11 is 0. The number of hydrogen-bond donors (Lipinski definition) is 2. The molecule has 1 heterocycles. The lowest BCUT2D eigenvalue weighted by molar-refractivity contribution is 0.147. The average Bonchev–Trinajstić information content (AvgIpc) is 2.75. The summed E-state index contributed by atoms with van der Waals surface area (Å²) in [6.07, 6.45) is 3.97. The van der Waals surface area contributed by atoms with E-state index < -0.39 is 0 Å². The van der Waals surface area contributed by atoms with Gasteiger partial charge < -0.3 is 19.7 Å². The first-order valence-electron chi connectivity index (χ1n) is 6.29. The van der Waals surface area contributed by atoms with E-state index >= 15 is 0 Å². The first-order valence-corrected chi connectivity index (χ1v) is 6.29. The summed E-state index contributed by atoms with van der Waals surface area (Å²) < 4.78 is 7.38. The molecule has 0 saturated heterocycles. The normalized spacial score (nSPS) is 12.9. The molecule has 0 fully saturated rings. The van der Waals surface area contributed by atoms with Crippen LogP contribution in [0.2, 0.25) is 0 Å². The van der Waals surface area contributed by atoms with Crippen LogP contribution in [0.15, 0.2) is 18.3 Å². The molecule has 1 rings (SSSR count). The van der Waals surface area contributed by atoms with Crippen LogP contribution in [-0.4, -0.2) is 36.0 Å². The van der Waals surface area contributed by atoms with Crippen LogP contribution in [0.25, 0.3) is 0 Å². The van der Waals surface area contributed by atoms with Gasteiger partial charge in [0.1, 0.15) is 0 Å². The third-order valence-corrected chi connectivity index (χ3v) is 2.81. The second-order valence-electron chi connectivity index (χ2n) is 4.24. The van der Waals surface area contributed by atoms with E-state index in [1.807, 2.05) is 0 Å². The van der Waals surface area contributed by atoms with Crippen LogP contribution in [0.1, 0.15) is 25.5 Å². The molecule has 1 unspecified atom stereocenters. The third-order valence-electron chi connectivity index (χ3n) is 2.81. The highest BCUT2D eigenvalue weighted by Gasteiger charge is 2.08. The van der Waals surface area contributed by atoms with Crippen molar-refractivity contribution in [2.75, 3.05) is 20.3 Å². The van der Waals surface area contributed by atoms with E-state index in [1.165, 1.54) is 5.69 Å². The fourth-order valence-corrected chi connectivity index (χ4v) is 1.92. The van der Waals surface area contributed by atoms with Crippen LogP contribution < -0.4 is 5.32 Å². The van der Waals surface area contributed by atoms with Gasteiger partial charge in [0.15, 0.2) is 0 Å². The highest BCUT2D eigenvalue weighted by atomic mass is 16.5. The number of aliphatic hydroxyl groups excluding tert-OH is 1. The molecule has 98 valence electrons. The Bertz CT molecular complexity index is 293. The summed E-state index contributed by atoms with van der Waals surface area (Å²) in [6.45, 7) is 4.88. The van der Waals surface area contributed by atoms with Gasteiger partial charge in [0.05, 0.1) is 6.61 Å². The Kier molecular flexibility index (Phi) is 6.93. The molecule has 1 aromatic rings. The molecule has 0 radical (unpaired) electrons. The monoisotopic (exact) mass is 240 g/mol. The van der Waals surface area contributed by atoms with Crippen molar-refractivity contribution >= 4 is 0 Å². The second-order valence-corrected chi connectivity index (χ2v) is 4.24.